The monoisotopic (exact) mass is 376 g/mol. The topological polar surface area (TPSA) is 85.4 Å². The highest BCUT2D eigenvalue weighted by molar-refractivity contribution is 6.00. The van der Waals surface area contributed by atoms with Crippen LogP contribution in [0.15, 0.2) is 60.7 Å². The summed E-state index contributed by atoms with van der Waals surface area (Å²) < 4.78 is 5.10. The predicted octanol–water partition coefficient (Wildman–Crippen LogP) is 4.01. The molecular formula is C22H20N2O4. The van der Waals surface area contributed by atoms with E-state index in [0.717, 1.165) is 11.8 Å². The third kappa shape index (κ3) is 4.79. The van der Waals surface area contributed by atoms with Gasteiger partial charge < -0.3 is 10.1 Å². The normalized spacial score (nSPS) is 10.5. The molecule has 6 nitrogen and oxygen atoms in total. The summed E-state index contributed by atoms with van der Waals surface area (Å²) in [5, 5.41) is 3.67. The number of amides is 1. The number of ketones is 1. The number of esters is 1. The molecular weight excluding hydrogens is 356 g/mol. The predicted molar refractivity (Wildman–Crippen MR) is 106 cm³/mol. The molecule has 0 aliphatic rings. The van der Waals surface area contributed by atoms with Crippen molar-refractivity contribution in [2.45, 2.75) is 19.8 Å². The molecule has 0 atom stereocenters. The molecule has 28 heavy (non-hydrogen) atoms. The summed E-state index contributed by atoms with van der Waals surface area (Å²) >= 11 is 0. The van der Waals surface area contributed by atoms with Gasteiger partial charge in [-0.1, -0.05) is 31.2 Å². The van der Waals surface area contributed by atoms with E-state index in [9.17, 15) is 14.4 Å². The van der Waals surface area contributed by atoms with Crippen molar-refractivity contribution in [1.29, 1.82) is 0 Å². The molecule has 0 saturated carbocycles. The van der Waals surface area contributed by atoms with Crippen molar-refractivity contribution >= 4 is 34.3 Å². The lowest BCUT2D eigenvalue weighted by Crippen LogP contribution is -2.15. The lowest BCUT2D eigenvalue weighted by Gasteiger charge is -2.07. The minimum Gasteiger partial charge on any atom is -0.453 e. The quantitative estimate of drug-likeness (QED) is 0.497. The van der Waals surface area contributed by atoms with Crippen molar-refractivity contribution in [1.82, 2.24) is 4.98 Å². The summed E-state index contributed by atoms with van der Waals surface area (Å²) in [5.41, 5.74) is 1.85. The van der Waals surface area contributed by atoms with Crippen LogP contribution in [0, 0.1) is 0 Å². The Morgan fingerprint density at radius 3 is 2.46 bits per heavy atom. The van der Waals surface area contributed by atoms with Crippen LogP contribution in [-0.2, 0) is 9.53 Å². The molecule has 1 amide bonds. The molecule has 0 bridgehead atoms. The maximum absolute atomic E-state index is 12.2. The van der Waals surface area contributed by atoms with E-state index >= 15 is 0 Å². The highest BCUT2D eigenvalue weighted by Crippen LogP contribution is 2.14. The van der Waals surface area contributed by atoms with Crippen molar-refractivity contribution in [2.75, 3.05) is 11.9 Å². The van der Waals surface area contributed by atoms with E-state index in [1.165, 1.54) is 0 Å². The summed E-state index contributed by atoms with van der Waals surface area (Å²) in [6.07, 6.45) is 1.21. The number of fused-ring (bicyclic) bond motifs is 1. The first-order chi connectivity index (χ1) is 13.6. The van der Waals surface area contributed by atoms with Gasteiger partial charge >= 0.3 is 5.97 Å². The van der Waals surface area contributed by atoms with Crippen molar-refractivity contribution in [3.05, 3.63) is 71.9 Å². The van der Waals surface area contributed by atoms with Crippen LogP contribution in [0.1, 0.15) is 40.6 Å². The Morgan fingerprint density at radius 2 is 1.71 bits per heavy atom. The number of anilines is 1. The number of Topliss-reactive ketones (excluding diaryl/α,β-unsaturated/α-hetero) is 1. The van der Waals surface area contributed by atoms with E-state index in [0.29, 0.717) is 23.2 Å². The third-order valence-electron chi connectivity index (χ3n) is 4.11. The van der Waals surface area contributed by atoms with Gasteiger partial charge in [0.1, 0.15) is 5.69 Å². The number of hydrogen-bond acceptors (Lipinski definition) is 5. The van der Waals surface area contributed by atoms with Crippen LogP contribution >= 0.6 is 0 Å². The van der Waals surface area contributed by atoms with E-state index in [4.69, 9.17) is 4.74 Å². The van der Waals surface area contributed by atoms with Crippen LogP contribution < -0.4 is 5.32 Å². The van der Waals surface area contributed by atoms with Gasteiger partial charge in [0.2, 0.25) is 5.91 Å². The van der Waals surface area contributed by atoms with Gasteiger partial charge in [-0.2, -0.15) is 0 Å². The second-order valence-corrected chi connectivity index (χ2v) is 6.26. The van der Waals surface area contributed by atoms with Gasteiger partial charge in [-0.25, -0.2) is 9.78 Å². The largest absolute Gasteiger partial charge is 0.453 e. The number of carbonyl (C=O) groups excluding carboxylic acids is 3. The molecule has 0 radical (unpaired) electrons. The second-order valence-electron chi connectivity index (χ2n) is 6.26. The number of carbonyl (C=O) groups is 3. The molecule has 3 aromatic rings. The fraction of sp³-hybridized carbons (Fsp3) is 0.182. The molecule has 6 heteroatoms. The SMILES string of the molecule is CCCC(=O)Nc1ccc(C(=O)COC(=O)c2ccc3ccccc3n2)cc1. The van der Waals surface area contributed by atoms with Crippen LogP contribution in [0.3, 0.4) is 0 Å². The van der Waals surface area contributed by atoms with Crippen LogP contribution in [-0.4, -0.2) is 29.3 Å². The Hall–Kier alpha value is -3.54. The number of hydrogen-bond donors (Lipinski definition) is 1. The Kier molecular flexibility index (Phi) is 6.11. The lowest BCUT2D eigenvalue weighted by molar-refractivity contribution is -0.116. The molecule has 0 aliphatic carbocycles. The minimum atomic E-state index is -0.650. The van der Waals surface area contributed by atoms with Gasteiger partial charge in [0.15, 0.2) is 12.4 Å². The molecule has 0 saturated heterocycles. The van der Waals surface area contributed by atoms with Gasteiger partial charge in [-0.15, -0.1) is 0 Å². The molecule has 1 aromatic heterocycles. The zero-order valence-corrected chi connectivity index (χ0v) is 15.5. The maximum Gasteiger partial charge on any atom is 0.357 e. The summed E-state index contributed by atoms with van der Waals surface area (Å²) in [6.45, 7) is 1.55. The maximum atomic E-state index is 12.2. The molecule has 1 heterocycles. The average Bonchev–Trinajstić information content (AvgIpc) is 2.72. The molecule has 0 unspecified atom stereocenters. The molecule has 142 valence electrons. The van der Waals surface area contributed by atoms with Crippen molar-refractivity contribution in [3.63, 3.8) is 0 Å². The fourth-order valence-corrected chi connectivity index (χ4v) is 2.66. The van der Waals surface area contributed by atoms with E-state index in [-0.39, 0.29) is 24.0 Å². The standard InChI is InChI=1S/C22H20N2O4/c1-2-5-21(26)23-17-11-8-16(9-12-17)20(25)14-28-22(27)19-13-10-15-6-3-4-7-18(15)24-19/h3-4,6-13H,2,5,14H2,1H3,(H,23,26). The number of aromatic nitrogens is 1. The number of nitrogens with zero attached hydrogens (tertiary/aromatic N) is 1. The van der Waals surface area contributed by atoms with Crippen LogP contribution in [0.2, 0.25) is 0 Å². The van der Waals surface area contributed by atoms with Gasteiger partial charge in [-0.05, 0) is 42.8 Å². The number of pyridine rings is 1. The van der Waals surface area contributed by atoms with Crippen molar-refractivity contribution in [2.24, 2.45) is 0 Å². The molecule has 2 aromatic carbocycles. The zero-order chi connectivity index (χ0) is 19.9. The lowest BCUT2D eigenvalue weighted by atomic mass is 10.1. The van der Waals surface area contributed by atoms with E-state index in [2.05, 4.69) is 10.3 Å². The van der Waals surface area contributed by atoms with Crippen LogP contribution in [0.4, 0.5) is 5.69 Å². The molecule has 3 rings (SSSR count). The summed E-state index contributed by atoms with van der Waals surface area (Å²) in [7, 11) is 0. The van der Waals surface area contributed by atoms with Crippen molar-refractivity contribution < 1.29 is 19.1 Å². The second kappa shape index (κ2) is 8.90. The van der Waals surface area contributed by atoms with Gasteiger partial charge in [-0.3, -0.25) is 9.59 Å². The van der Waals surface area contributed by atoms with Crippen LogP contribution in [0.5, 0.6) is 0 Å². The fourth-order valence-electron chi connectivity index (χ4n) is 2.66. The van der Waals surface area contributed by atoms with Gasteiger partial charge in [0.25, 0.3) is 0 Å². The first-order valence-corrected chi connectivity index (χ1v) is 9.03. The highest BCUT2D eigenvalue weighted by atomic mass is 16.5. The number of ether oxygens (including phenoxy) is 1. The Bertz CT molecular complexity index is 1010. The smallest absolute Gasteiger partial charge is 0.357 e. The molecule has 0 spiro atoms. The number of benzene rings is 2. The number of para-hydroxylation sites is 1. The van der Waals surface area contributed by atoms with Gasteiger partial charge in [0, 0.05) is 23.1 Å². The summed E-state index contributed by atoms with van der Waals surface area (Å²) in [5.74, 6) is -1.05. The number of rotatable bonds is 7. The Morgan fingerprint density at radius 1 is 0.964 bits per heavy atom. The molecule has 0 fully saturated rings. The van der Waals surface area contributed by atoms with Crippen LogP contribution in [0.25, 0.3) is 10.9 Å². The van der Waals surface area contributed by atoms with Gasteiger partial charge in [0.05, 0.1) is 5.52 Å². The first kappa shape index (κ1) is 19.2. The minimum absolute atomic E-state index is 0.0709. The Balaban J connectivity index is 1.58. The summed E-state index contributed by atoms with van der Waals surface area (Å²) in [6, 6.07) is 17.3. The van der Waals surface area contributed by atoms with E-state index < -0.39 is 5.97 Å². The molecule has 1 N–H and O–H groups in total. The summed E-state index contributed by atoms with van der Waals surface area (Å²) in [4.78, 5) is 40.3. The average molecular weight is 376 g/mol. The van der Waals surface area contributed by atoms with E-state index in [1.54, 1.807) is 42.5 Å². The Labute approximate surface area is 162 Å². The molecule has 0 aliphatic heterocycles. The highest BCUT2D eigenvalue weighted by Gasteiger charge is 2.13. The number of nitrogens with one attached hydrogen (secondary N) is 1. The first-order valence-electron chi connectivity index (χ1n) is 9.03. The zero-order valence-electron chi connectivity index (χ0n) is 15.5. The van der Waals surface area contributed by atoms with E-state index in [1.807, 2.05) is 25.1 Å². The third-order valence-corrected chi connectivity index (χ3v) is 4.11. The van der Waals surface area contributed by atoms with Crippen molar-refractivity contribution in [3.8, 4) is 0 Å².